The molecule has 0 aliphatic carbocycles. The fourth-order valence-corrected chi connectivity index (χ4v) is 10.8. The molecule has 2 saturated heterocycles. The number of nitrogens with zero attached hydrogens (tertiary/aromatic N) is 4. The maximum absolute atomic E-state index is 13.9. The van der Waals surface area contributed by atoms with Crippen molar-refractivity contribution in [2.24, 2.45) is 16.6 Å². The lowest BCUT2D eigenvalue weighted by Crippen LogP contribution is -2.57. The van der Waals surface area contributed by atoms with Crippen molar-refractivity contribution in [3.63, 3.8) is 0 Å². The van der Waals surface area contributed by atoms with Crippen LogP contribution in [0.3, 0.4) is 0 Å². The Morgan fingerprint density at radius 3 is 1.54 bits per heavy atom. The number of β-amino-alcohol motifs (C(OH)–C–C–N with tert-alkyl or cyclic N) is 2. The van der Waals surface area contributed by atoms with Gasteiger partial charge in [-0.15, -0.1) is 22.7 Å². The van der Waals surface area contributed by atoms with Crippen molar-refractivity contribution >= 4 is 64.1 Å². The average molecular weight is 1190 g/mol. The molecular formula is C60H87N9O12S2. The number of alkyl carbamates (subject to hydrolysis) is 1. The Kier molecular flexibility index (Phi) is 25.3. The van der Waals surface area contributed by atoms with Crippen LogP contribution in [0.5, 0.6) is 0 Å². The van der Waals surface area contributed by atoms with E-state index in [4.69, 9.17) is 19.9 Å². The summed E-state index contributed by atoms with van der Waals surface area (Å²) in [6, 6.07) is 12.5. The van der Waals surface area contributed by atoms with Crippen molar-refractivity contribution in [1.82, 2.24) is 41.0 Å². The molecule has 0 radical (unpaired) electrons. The number of nitrogens with one attached hydrogen (secondary N) is 4. The predicted molar refractivity (Wildman–Crippen MR) is 319 cm³/mol. The SMILES string of the molecule is Cc1ncsc1-c1ccc(CNC(=O)C2C[C@@H](O)CN2C(=O)[C@@H](NC(=O)CCC(=O)CCCOCCOCCNC(=O)OC(C)(C)C)C(C)(C)C)cc1.Cc1ncsc1-c1ccc(CNC(=O)[C@@H]2C[C@@H](O)CN2C(=O)[C@@H](N)C(C)(C)C)cc1. The first-order chi connectivity index (χ1) is 39.0. The van der Waals surface area contributed by atoms with Crippen LogP contribution in [0.2, 0.25) is 0 Å². The van der Waals surface area contributed by atoms with E-state index in [1.54, 1.807) is 49.0 Å². The third kappa shape index (κ3) is 21.4. The molecule has 0 saturated carbocycles. The Labute approximate surface area is 496 Å². The number of ether oxygens (including phenoxy) is 3. The second-order valence-electron chi connectivity index (χ2n) is 24.2. The number of rotatable bonds is 24. The zero-order valence-electron chi connectivity index (χ0n) is 50.0. The molecule has 6 atom stereocenters. The van der Waals surface area contributed by atoms with E-state index < -0.39 is 70.7 Å². The monoisotopic (exact) mass is 1190 g/mol. The van der Waals surface area contributed by atoms with Crippen LogP contribution >= 0.6 is 22.7 Å². The molecule has 0 bridgehead atoms. The number of benzene rings is 2. The van der Waals surface area contributed by atoms with E-state index in [0.717, 1.165) is 43.4 Å². The first-order valence-corrected chi connectivity index (χ1v) is 30.0. The summed E-state index contributed by atoms with van der Waals surface area (Å²) < 4.78 is 16.1. The number of aromatic nitrogens is 2. The van der Waals surface area contributed by atoms with Crippen LogP contribution in [0.1, 0.15) is 123 Å². The smallest absolute Gasteiger partial charge is 0.407 e. The average Bonchev–Trinajstić information content (AvgIpc) is 4.30. The number of aliphatic hydroxyl groups excluding tert-OH is 2. The van der Waals surface area contributed by atoms with Crippen molar-refractivity contribution in [3.05, 3.63) is 82.1 Å². The van der Waals surface area contributed by atoms with E-state index >= 15 is 0 Å². The zero-order valence-corrected chi connectivity index (χ0v) is 51.6. The molecule has 456 valence electrons. The summed E-state index contributed by atoms with van der Waals surface area (Å²) in [6.07, 6.45) is -1.13. The summed E-state index contributed by atoms with van der Waals surface area (Å²) in [7, 11) is 0. The van der Waals surface area contributed by atoms with Gasteiger partial charge in [-0.25, -0.2) is 14.8 Å². The van der Waals surface area contributed by atoms with E-state index in [2.05, 4.69) is 31.2 Å². The molecule has 6 amide bonds. The Bertz CT molecular complexity index is 2790. The first kappa shape index (κ1) is 67.6. The molecule has 8 N–H and O–H groups in total. The first-order valence-electron chi connectivity index (χ1n) is 28.2. The number of amides is 6. The zero-order chi connectivity index (χ0) is 61.2. The van der Waals surface area contributed by atoms with Crippen molar-refractivity contribution in [2.75, 3.05) is 46.1 Å². The van der Waals surface area contributed by atoms with Crippen molar-refractivity contribution in [3.8, 4) is 20.9 Å². The lowest BCUT2D eigenvalue weighted by molar-refractivity contribution is -0.144. The molecule has 2 aromatic carbocycles. The Balaban J connectivity index is 0.000000353. The summed E-state index contributed by atoms with van der Waals surface area (Å²) in [5.74, 6) is -1.96. The molecule has 0 spiro atoms. The van der Waals surface area contributed by atoms with Crippen LogP contribution in [0.15, 0.2) is 59.6 Å². The molecule has 83 heavy (non-hydrogen) atoms. The minimum atomic E-state index is -0.975. The molecule has 1 unspecified atom stereocenters. The van der Waals surface area contributed by atoms with Crippen molar-refractivity contribution in [2.45, 2.75) is 170 Å². The molecule has 2 aromatic heterocycles. The highest BCUT2D eigenvalue weighted by Gasteiger charge is 2.45. The minimum absolute atomic E-state index is 0.0168. The van der Waals surface area contributed by atoms with E-state index in [1.807, 2.05) is 109 Å². The van der Waals surface area contributed by atoms with Crippen molar-refractivity contribution in [1.29, 1.82) is 0 Å². The molecule has 23 heteroatoms. The van der Waals surface area contributed by atoms with Crippen LogP contribution in [0, 0.1) is 24.7 Å². The van der Waals surface area contributed by atoms with Gasteiger partial charge in [-0.05, 0) is 74.1 Å². The fraction of sp³-hybridized carbons (Fsp3) is 0.583. The predicted octanol–water partition coefficient (Wildman–Crippen LogP) is 5.98. The van der Waals surface area contributed by atoms with E-state index in [-0.39, 0.29) is 75.2 Å². The van der Waals surface area contributed by atoms with Crippen LogP contribution in [0.4, 0.5) is 4.79 Å². The Hall–Kier alpha value is -6.21. The molecule has 4 aromatic rings. The van der Waals surface area contributed by atoms with Crippen LogP contribution in [-0.2, 0) is 56.1 Å². The van der Waals surface area contributed by atoms with E-state index in [9.17, 15) is 43.8 Å². The van der Waals surface area contributed by atoms with Crippen molar-refractivity contribution < 1.29 is 58.0 Å². The van der Waals surface area contributed by atoms with Gasteiger partial charge in [-0.3, -0.25) is 28.8 Å². The highest BCUT2D eigenvalue weighted by molar-refractivity contribution is 7.13. The van der Waals surface area contributed by atoms with Gasteiger partial charge in [0.15, 0.2) is 0 Å². The number of likely N-dealkylation sites (tertiary alicyclic amines) is 2. The summed E-state index contributed by atoms with van der Waals surface area (Å²) in [4.78, 5) is 103. The number of nitrogens with two attached hydrogens (primary N) is 1. The molecule has 2 aliphatic rings. The maximum atomic E-state index is 13.9. The number of aliphatic hydroxyl groups is 2. The van der Waals surface area contributed by atoms with Crippen LogP contribution in [-0.4, -0.2) is 159 Å². The second-order valence-corrected chi connectivity index (χ2v) is 25.9. The molecular weight excluding hydrogens is 1100 g/mol. The second kappa shape index (κ2) is 31.1. The maximum Gasteiger partial charge on any atom is 0.407 e. The van der Waals surface area contributed by atoms with E-state index in [1.165, 1.54) is 9.80 Å². The fourth-order valence-electron chi connectivity index (χ4n) is 9.14. The summed E-state index contributed by atoms with van der Waals surface area (Å²) in [5.41, 5.74) is 14.0. The lowest BCUT2D eigenvalue weighted by Gasteiger charge is -2.35. The van der Waals surface area contributed by atoms with Gasteiger partial charge in [0.1, 0.15) is 29.5 Å². The summed E-state index contributed by atoms with van der Waals surface area (Å²) in [6.45, 7) is 22.7. The number of Topliss-reactive ketones (excluding diaryl/α,β-unsaturated/α-hetero) is 1. The van der Waals surface area contributed by atoms with Gasteiger partial charge < -0.3 is 61.2 Å². The highest BCUT2D eigenvalue weighted by atomic mass is 32.1. The Morgan fingerprint density at radius 1 is 0.639 bits per heavy atom. The van der Waals surface area contributed by atoms with Gasteiger partial charge in [-0.1, -0.05) is 90.1 Å². The van der Waals surface area contributed by atoms with Crippen LogP contribution in [0.25, 0.3) is 20.9 Å². The molecule has 2 aliphatic heterocycles. The number of thiazole rings is 2. The van der Waals surface area contributed by atoms with Gasteiger partial charge in [0, 0.05) is 71.4 Å². The van der Waals surface area contributed by atoms with Gasteiger partial charge in [0.25, 0.3) is 0 Å². The third-order valence-corrected chi connectivity index (χ3v) is 15.8. The number of hydrogen-bond acceptors (Lipinski definition) is 17. The number of hydrogen-bond donors (Lipinski definition) is 7. The number of carbonyl (C=O) groups is 7. The normalized spacial score (nSPS) is 17.9. The highest BCUT2D eigenvalue weighted by Crippen LogP contribution is 2.31. The summed E-state index contributed by atoms with van der Waals surface area (Å²) >= 11 is 3.16. The third-order valence-electron chi connectivity index (χ3n) is 13.9. The summed E-state index contributed by atoms with van der Waals surface area (Å²) in [5, 5.41) is 31.7. The van der Waals surface area contributed by atoms with E-state index in [0.29, 0.717) is 45.9 Å². The number of ketones is 1. The Morgan fingerprint density at radius 2 is 1.11 bits per heavy atom. The molecule has 6 rings (SSSR count). The molecule has 4 heterocycles. The van der Waals surface area contributed by atoms with Gasteiger partial charge in [-0.2, -0.15) is 0 Å². The lowest BCUT2D eigenvalue weighted by atomic mass is 9.85. The quantitative estimate of drug-likeness (QED) is 0.0397. The van der Waals surface area contributed by atoms with Crippen LogP contribution < -0.4 is 27.0 Å². The molecule has 2 fully saturated rings. The topological polar surface area (TPSA) is 294 Å². The molecule has 21 nitrogen and oxygen atoms in total. The number of carbonyl (C=O) groups excluding carboxylic acids is 7. The van der Waals surface area contributed by atoms with Gasteiger partial charge in [0.05, 0.1) is 70.2 Å². The largest absolute Gasteiger partial charge is 0.444 e. The van der Waals surface area contributed by atoms with Gasteiger partial charge in [0.2, 0.25) is 29.5 Å². The van der Waals surface area contributed by atoms with Gasteiger partial charge >= 0.3 is 6.09 Å². The minimum Gasteiger partial charge on any atom is -0.444 e. The standard InChI is InChI=1S/C38H57N5O9S.C22H30N4O3S/c1-25-32(53-24-41-25)27-12-10-26(11-13-27)22-40-34(47)30-21-29(45)23-43(30)35(48)33(37(2,3)4)42-31(46)15-14-28(44)9-8-17-50-19-20-51-18-16-39-36(49)52-38(5,6)7;1-13-18(30-12-25-13)15-7-5-14(6-8-15)10-24-20(28)17-9-16(27)11-26(17)21(29)19(23)22(2,3)4/h10-13,24,29-30,33,45H,8-9,14-23H2,1-7H3,(H,39,49)(H,40,47)(H,42,46);5-8,12,16-17,19,27H,9-11,23H2,1-4H3,(H,24,28)/t29-,30?,33-;16-,17+,19-/m11/s1. The number of aryl methyl sites for hydroxylation is 2.